The van der Waals surface area contributed by atoms with Crippen LogP contribution in [0.1, 0.15) is 63.8 Å². The van der Waals surface area contributed by atoms with Crippen molar-refractivity contribution < 1.29 is 23.7 Å². The summed E-state index contributed by atoms with van der Waals surface area (Å²) in [6.45, 7) is 8.67. The minimum absolute atomic E-state index is 0.0216. The molecule has 65 heavy (non-hydrogen) atoms. The Bertz CT molecular complexity index is 3060. The Labute approximate surface area is 378 Å². The van der Waals surface area contributed by atoms with E-state index >= 15 is 0 Å². The summed E-state index contributed by atoms with van der Waals surface area (Å²) in [5.41, 5.74) is 16.2. The van der Waals surface area contributed by atoms with Crippen LogP contribution in [0.5, 0.6) is 23.0 Å². The van der Waals surface area contributed by atoms with E-state index in [-0.39, 0.29) is 12.4 Å². The smallest absolute Gasteiger partial charge is 0.165 e. The third kappa shape index (κ3) is 9.54. The van der Waals surface area contributed by atoms with Crippen molar-refractivity contribution in [1.29, 1.82) is 0 Å². The molecule has 0 bridgehead atoms. The Morgan fingerprint density at radius 1 is 0.708 bits per heavy atom. The fourth-order valence-corrected chi connectivity index (χ4v) is 7.95. The Balaban J connectivity index is 1.07. The molecular weight excluding hydrogens is 817 g/mol. The van der Waals surface area contributed by atoms with E-state index in [1.807, 2.05) is 104 Å². The molecule has 0 radical (unpaired) electrons. The fourth-order valence-electron chi connectivity index (χ4n) is 7.95. The van der Waals surface area contributed by atoms with Gasteiger partial charge in [-0.05, 0) is 85.0 Å². The largest absolute Gasteiger partial charge is 0.493 e. The molecule has 8 rings (SSSR count). The molecular formula is C52H52N8O5. The van der Waals surface area contributed by atoms with Gasteiger partial charge in [0.25, 0.3) is 0 Å². The van der Waals surface area contributed by atoms with Gasteiger partial charge in [0.1, 0.15) is 11.6 Å². The van der Waals surface area contributed by atoms with Gasteiger partial charge in [0, 0.05) is 65.4 Å². The molecule has 0 saturated heterocycles. The molecule has 13 heteroatoms. The Morgan fingerprint density at radius 3 is 2.18 bits per heavy atom. The van der Waals surface area contributed by atoms with Gasteiger partial charge in [-0.2, -0.15) is 9.61 Å². The van der Waals surface area contributed by atoms with Crippen LogP contribution in [-0.2, 0) is 19.5 Å². The Kier molecular flexibility index (Phi) is 12.9. The lowest BCUT2D eigenvalue weighted by Gasteiger charge is -2.16. The first kappa shape index (κ1) is 43.7. The van der Waals surface area contributed by atoms with Gasteiger partial charge in [-0.3, -0.25) is 4.79 Å². The van der Waals surface area contributed by atoms with Crippen molar-refractivity contribution in [2.45, 2.75) is 47.2 Å². The van der Waals surface area contributed by atoms with Gasteiger partial charge in [-0.15, -0.1) is 0 Å². The number of hydrogen-bond donors (Lipinski definition) is 3. The highest BCUT2D eigenvalue weighted by atomic mass is 16.5. The number of fused-ring (bicyclic) bond motifs is 2. The lowest BCUT2D eigenvalue weighted by Crippen LogP contribution is -2.10. The van der Waals surface area contributed by atoms with Gasteiger partial charge in [0.15, 0.2) is 40.3 Å². The van der Waals surface area contributed by atoms with Crippen LogP contribution in [0, 0.1) is 13.8 Å². The number of hydrogen-bond acceptors (Lipinski definition) is 12. The SMILES string of the molecule is COc1ccc(-c2c(C)nn3c(NCc4ccc(C(C)=O)cc4)cc(CCOc4cc(C(=C(C)N)c5nc(C)cc(NCc6cccc7ccccc67)n5)ccc4OC)nc23)cc1OC. The number of allylic oxidation sites excluding steroid dienone is 1. The molecule has 3 heterocycles. The lowest BCUT2D eigenvalue weighted by molar-refractivity contribution is 0.101. The Morgan fingerprint density at radius 2 is 1.43 bits per heavy atom. The van der Waals surface area contributed by atoms with E-state index in [0.29, 0.717) is 76.6 Å². The van der Waals surface area contributed by atoms with E-state index in [1.54, 1.807) is 28.3 Å². The van der Waals surface area contributed by atoms with Gasteiger partial charge in [-0.1, -0.05) is 78.9 Å². The second-order valence-electron chi connectivity index (χ2n) is 15.7. The number of methoxy groups -OCH3 is 3. The summed E-state index contributed by atoms with van der Waals surface area (Å²) in [5.74, 6) is 4.27. The van der Waals surface area contributed by atoms with Crippen molar-refractivity contribution in [2.75, 3.05) is 38.6 Å². The molecule has 0 saturated carbocycles. The summed E-state index contributed by atoms with van der Waals surface area (Å²) in [4.78, 5) is 26.9. The van der Waals surface area contributed by atoms with Crippen molar-refractivity contribution >= 4 is 39.4 Å². The van der Waals surface area contributed by atoms with Crippen LogP contribution >= 0.6 is 0 Å². The number of Topliss-reactive ketones (excluding diaryl/α,β-unsaturated/α-hetero) is 1. The first-order valence-electron chi connectivity index (χ1n) is 21.3. The Hall–Kier alpha value is -7.93. The maximum atomic E-state index is 11.9. The number of anilines is 2. The standard InChI is InChI=1S/C52H52N8O5/c1-31-25-47(54-30-40-13-10-12-37-11-8-9-14-42(37)40)58-51(56-31)49(32(2)53)38-19-22-44(63-6)46(27-38)65-24-23-41-28-48(55-29-35-15-17-36(18-16-35)34(4)61)60-52(57-41)50(33(3)59-60)39-20-21-43(62-5)45(26-39)64-7/h8-22,25-28,55H,23-24,29-30,53H2,1-7H3,(H,54,56,58). The molecule has 0 unspecified atom stereocenters. The molecule has 4 N–H and O–H groups in total. The molecule has 5 aromatic carbocycles. The van der Waals surface area contributed by atoms with E-state index in [9.17, 15) is 4.79 Å². The number of ether oxygens (including phenoxy) is 4. The van der Waals surface area contributed by atoms with Crippen molar-refractivity contribution in [3.05, 3.63) is 166 Å². The van der Waals surface area contributed by atoms with Gasteiger partial charge in [0.05, 0.1) is 33.6 Å². The average Bonchev–Trinajstić information content (AvgIpc) is 3.65. The summed E-state index contributed by atoms with van der Waals surface area (Å²) in [6, 6.07) is 37.6. The normalized spacial score (nSPS) is 11.6. The van der Waals surface area contributed by atoms with E-state index in [2.05, 4.69) is 47.0 Å². The zero-order valence-corrected chi connectivity index (χ0v) is 37.7. The highest BCUT2D eigenvalue weighted by Gasteiger charge is 2.20. The molecule has 0 aliphatic heterocycles. The predicted octanol–water partition coefficient (Wildman–Crippen LogP) is 9.77. The summed E-state index contributed by atoms with van der Waals surface area (Å²) in [7, 11) is 4.84. The minimum atomic E-state index is 0.0216. The molecule has 330 valence electrons. The number of aryl methyl sites for hydroxylation is 2. The van der Waals surface area contributed by atoms with E-state index in [0.717, 1.165) is 45.2 Å². The van der Waals surface area contributed by atoms with Gasteiger partial charge in [0.2, 0.25) is 0 Å². The number of nitrogens with zero attached hydrogens (tertiary/aromatic N) is 5. The maximum Gasteiger partial charge on any atom is 0.165 e. The number of nitrogens with two attached hydrogens (primary N) is 1. The number of carbonyl (C=O) groups is 1. The average molecular weight is 869 g/mol. The number of carbonyl (C=O) groups excluding carboxylic acids is 1. The second-order valence-corrected chi connectivity index (χ2v) is 15.7. The fraction of sp³-hybridized carbons (Fsp3) is 0.212. The summed E-state index contributed by atoms with van der Waals surface area (Å²) in [5, 5.41) is 14.4. The maximum absolute atomic E-state index is 11.9. The van der Waals surface area contributed by atoms with Gasteiger partial charge < -0.3 is 35.3 Å². The summed E-state index contributed by atoms with van der Waals surface area (Å²) in [6.07, 6.45) is 0.451. The molecule has 0 aliphatic rings. The van der Waals surface area contributed by atoms with E-state index in [1.165, 1.54) is 16.3 Å². The van der Waals surface area contributed by atoms with Gasteiger partial charge in [-0.25, -0.2) is 15.0 Å². The number of ketones is 1. The van der Waals surface area contributed by atoms with Crippen molar-refractivity contribution in [3.63, 3.8) is 0 Å². The third-order valence-electron chi connectivity index (χ3n) is 11.2. The summed E-state index contributed by atoms with van der Waals surface area (Å²) < 4.78 is 25.3. The molecule has 8 aromatic rings. The molecule has 0 aliphatic carbocycles. The van der Waals surface area contributed by atoms with E-state index < -0.39 is 0 Å². The van der Waals surface area contributed by atoms with Crippen molar-refractivity contribution in [1.82, 2.24) is 24.6 Å². The zero-order chi connectivity index (χ0) is 45.6. The molecule has 13 nitrogen and oxygen atoms in total. The molecule has 0 spiro atoms. The number of nitrogens with one attached hydrogen (secondary N) is 2. The van der Waals surface area contributed by atoms with Gasteiger partial charge >= 0.3 is 0 Å². The van der Waals surface area contributed by atoms with Crippen LogP contribution < -0.4 is 35.3 Å². The van der Waals surface area contributed by atoms with Crippen LogP contribution in [0.3, 0.4) is 0 Å². The summed E-state index contributed by atoms with van der Waals surface area (Å²) >= 11 is 0. The molecule has 0 fully saturated rings. The zero-order valence-electron chi connectivity index (χ0n) is 37.7. The first-order valence-corrected chi connectivity index (χ1v) is 21.3. The molecule has 3 aromatic heterocycles. The quantitative estimate of drug-likeness (QED) is 0.0745. The first-order chi connectivity index (χ1) is 31.5. The van der Waals surface area contributed by atoms with Crippen LogP contribution in [0.2, 0.25) is 0 Å². The van der Waals surface area contributed by atoms with Crippen LogP contribution in [0.25, 0.3) is 33.1 Å². The highest BCUT2D eigenvalue weighted by Crippen LogP contribution is 2.37. The minimum Gasteiger partial charge on any atom is -0.493 e. The third-order valence-corrected chi connectivity index (χ3v) is 11.2. The lowest BCUT2D eigenvalue weighted by atomic mass is 10.0. The van der Waals surface area contributed by atoms with Crippen LogP contribution in [0.15, 0.2) is 121 Å². The second kappa shape index (κ2) is 19.2. The van der Waals surface area contributed by atoms with Crippen molar-refractivity contribution in [2.24, 2.45) is 5.73 Å². The van der Waals surface area contributed by atoms with E-state index in [4.69, 9.17) is 44.7 Å². The highest BCUT2D eigenvalue weighted by molar-refractivity contribution is 5.94. The number of rotatable bonds is 17. The van der Waals surface area contributed by atoms with Crippen LogP contribution in [-0.4, -0.2) is 58.3 Å². The number of benzene rings is 5. The topological polar surface area (TPSA) is 160 Å². The molecule has 0 atom stereocenters. The predicted molar refractivity (Wildman–Crippen MR) is 256 cm³/mol. The monoisotopic (exact) mass is 868 g/mol. The van der Waals surface area contributed by atoms with Crippen molar-refractivity contribution in [3.8, 4) is 34.1 Å². The van der Waals surface area contributed by atoms with Crippen LogP contribution in [0.4, 0.5) is 11.6 Å². The number of aromatic nitrogens is 5. The molecule has 0 amide bonds.